The van der Waals surface area contributed by atoms with Gasteiger partial charge in [0.05, 0.1) is 11.4 Å². The Bertz CT molecular complexity index is 917. The zero-order chi connectivity index (χ0) is 21.3. The monoisotopic (exact) mass is 404 g/mol. The van der Waals surface area contributed by atoms with Crippen molar-refractivity contribution in [2.75, 3.05) is 19.6 Å². The van der Waals surface area contributed by atoms with Crippen LogP contribution in [0.3, 0.4) is 0 Å². The Morgan fingerprint density at radius 1 is 1.03 bits per heavy atom. The van der Waals surface area contributed by atoms with Crippen LogP contribution in [0.25, 0.3) is 16.9 Å². The molecule has 2 aromatic carbocycles. The van der Waals surface area contributed by atoms with Crippen molar-refractivity contribution in [3.8, 4) is 16.9 Å². The Kier molecular flexibility index (Phi) is 7.80. The number of hydrogen-bond donors (Lipinski definition) is 1. The van der Waals surface area contributed by atoms with E-state index in [1.807, 2.05) is 66.7 Å². The predicted molar refractivity (Wildman–Crippen MR) is 123 cm³/mol. The number of hydrogen-bond acceptors (Lipinski definition) is 3. The average Bonchev–Trinajstić information content (AvgIpc) is 3.24. The molecule has 5 nitrogen and oxygen atoms in total. The third kappa shape index (κ3) is 5.57. The number of nitrogens with zero attached hydrogens (tertiary/aromatic N) is 3. The zero-order valence-corrected chi connectivity index (χ0v) is 18.2. The van der Waals surface area contributed by atoms with E-state index < -0.39 is 0 Å². The molecule has 1 N–H and O–H groups in total. The van der Waals surface area contributed by atoms with Crippen LogP contribution in [0.4, 0.5) is 0 Å². The van der Waals surface area contributed by atoms with Crippen LogP contribution in [-0.4, -0.2) is 46.3 Å². The molecule has 0 aliphatic carbocycles. The first-order chi connectivity index (χ1) is 14.6. The van der Waals surface area contributed by atoms with Crippen molar-refractivity contribution in [2.24, 2.45) is 0 Å². The van der Waals surface area contributed by atoms with Crippen LogP contribution in [0.5, 0.6) is 0 Å². The highest BCUT2D eigenvalue weighted by molar-refractivity contribution is 5.94. The molecule has 5 heteroatoms. The third-order valence-electron chi connectivity index (χ3n) is 5.40. The molecule has 1 unspecified atom stereocenters. The first-order valence-electron chi connectivity index (χ1n) is 10.9. The number of nitrogens with one attached hydrogen (secondary N) is 1. The van der Waals surface area contributed by atoms with Gasteiger partial charge in [0, 0.05) is 11.6 Å². The molecule has 0 aliphatic rings. The molecule has 0 saturated heterocycles. The van der Waals surface area contributed by atoms with Crippen LogP contribution >= 0.6 is 0 Å². The SMILES string of the molecule is CCN(CC)CCCC(C)NC(=O)c1cc(-c2ccccc2)nn1-c1ccccc1. The fourth-order valence-electron chi connectivity index (χ4n) is 3.59. The maximum Gasteiger partial charge on any atom is 0.270 e. The minimum Gasteiger partial charge on any atom is -0.348 e. The number of aromatic nitrogens is 2. The predicted octanol–water partition coefficient (Wildman–Crippen LogP) is 4.78. The van der Waals surface area contributed by atoms with E-state index in [0.29, 0.717) is 5.69 Å². The number of carbonyl (C=O) groups is 1. The summed E-state index contributed by atoms with van der Waals surface area (Å²) in [6, 6.07) is 21.7. The van der Waals surface area contributed by atoms with Crippen LogP contribution < -0.4 is 5.32 Å². The van der Waals surface area contributed by atoms with Gasteiger partial charge in [-0.3, -0.25) is 4.79 Å². The molecule has 3 aromatic rings. The lowest BCUT2D eigenvalue weighted by Crippen LogP contribution is -2.34. The zero-order valence-electron chi connectivity index (χ0n) is 18.2. The highest BCUT2D eigenvalue weighted by atomic mass is 16.2. The van der Waals surface area contributed by atoms with Gasteiger partial charge in [-0.05, 0) is 57.6 Å². The summed E-state index contributed by atoms with van der Waals surface area (Å²) in [7, 11) is 0. The average molecular weight is 405 g/mol. The standard InChI is InChI=1S/C25H32N4O/c1-4-28(5-2)18-12-13-20(3)26-25(30)24-19-23(21-14-8-6-9-15-21)27-29(24)22-16-10-7-11-17-22/h6-11,14-17,19-20H,4-5,12-13,18H2,1-3H3,(H,26,30). The second-order valence-electron chi connectivity index (χ2n) is 7.57. The quantitative estimate of drug-likeness (QED) is 0.529. The largest absolute Gasteiger partial charge is 0.348 e. The smallest absolute Gasteiger partial charge is 0.270 e. The van der Waals surface area contributed by atoms with E-state index in [4.69, 9.17) is 5.10 Å². The van der Waals surface area contributed by atoms with E-state index in [1.54, 1.807) is 4.68 Å². The molecule has 0 bridgehead atoms. The van der Waals surface area contributed by atoms with Crippen LogP contribution in [0.2, 0.25) is 0 Å². The minimum absolute atomic E-state index is 0.0936. The van der Waals surface area contributed by atoms with Crippen LogP contribution in [0.15, 0.2) is 66.7 Å². The van der Waals surface area contributed by atoms with Crippen molar-refractivity contribution >= 4 is 5.91 Å². The second-order valence-corrected chi connectivity index (χ2v) is 7.57. The van der Waals surface area contributed by atoms with Crippen LogP contribution in [0.1, 0.15) is 44.1 Å². The molecule has 0 fully saturated rings. The van der Waals surface area contributed by atoms with Gasteiger partial charge in [0.25, 0.3) is 5.91 Å². The normalized spacial score (nSPS) is 12.1. The topological polar surface area (TPSA) is 50.2 Å². The van der Waals surface area contributed by atoms with Crippen molar-refractivity contribution in [1.82, 2.24) is 20.0 Å². The Hall–Kier alpha value is -2.92. The fraction of sp³-hybridized carbons (Fsp3) is 0.360. The lowest BCUT2D eigenvalue weighted by Gasteiger charge is -2.20. The number of amides is 1. The Labute approximate surface area is 179 Å². The second kappa shape index (κ2) is 10.7. The van der Waals surface area contributed by atoms with E-state index in [2.05, 4.69) is 31.0 Å². The summed E-state index contributed by atoms with van der Waals surface area (Å²) < 4.78 is 1.74. The van der Waals surface area contributed by atoms with Gasteiger partial charge in [-0.2, -0.15) is 5.10 Å². The van der Waals surface area contributed by atoms with E-state index in [-0.39, 0.29) is 11.9 Å². The lowest BCUT2D eigenvalue weighted by molar-refractivity contribution is 0.0929. The maximum atomic E-state index is 13.1. The highest BCUT2D eigenvalue weighted by Crippen LogP contribution is 2.21. The van der Waals surface area contributed by atoms with Gasteiger partial charge in [0.15, 0.2) is 0 Å². The van der Waals surface area contributed by atoms with E-state index in [9.17, 15) is 4.79 Å². The van der Waals surface area contributed by atoms with Gasteiger partial charge in [-0.15, -0.1) is 0 Å². The molecule has 1 atom stereocenters. The fourth-order valence-corrected chi connectivity index (χ4v) is 3.59. The number of rotatable bonds is 10. The number of para-hydroxylation sites is 1. The van der Waals surface area contributed by atoms with Crippen molar-refractivity contribution in [3.63, 3.8) is 0 Å². The Morgan fingerprint density at radius 3 is 2.30 bits per heavy atom. The molecule has 30 heavy (non-hydrogen) atoms. The van der Waals surface area contributed by atoms with Crippen molar-refractivity contribution in [2.45, 2.75) is 39.7 Å². The third-order valence-corrected chi connectivity index (χ3v) is 5.40. The first-order valence-corrected chi connectivity index (χ1v) is 10.9. The van der Waals surface area contributed by atoms with E-state index in [1.165, 1.54) is 0 Å². The maximum absolute atomic E-state index is 13.1. The summed E-state index contributed by atoms with van der Waals surface area (Å²) in [5.41, 5.74) is 3.21. The van der Waals surface area contributed by atoms with Crippen LogP contribution in [-0.2, 0) is 0 Å². The molecule has 1 heterocycles. The lowest BCUT2D eigenvalue weighted by atomic mass is 10.1. The molecule has 3 rings (SSSR count). The molecule has 0 saturated carbocycles. The van der Waals surface area contributed by atoms with Gasteiger partial charge < -0.3 is 10.2 Å². The Morgan fingerprint density at radius 2 is 1.67 bits per heavy atom. The Balaban J connectivity index is 1.76. The molecule has 0 radical (unpaired) electrons. The van der Waals surface area contributed by atoms with E-state index >= 15 is 0 Å². The van der Waals surface area contributed by atoms with Gasteiger partial charge in [0.1, 0.15) is 5.69 Å². The van der Waals surface area contributed by atoms with Crippen molar-refractivity contribution in [3.05, 3.63) is 72.4 Å². The molecule has 1 amide bonds. The van der Waals surface area contributed by atoms with Gasteiger partial charge in [-0.1, -0.05) is 62.4 Å². The van der Waals surface area contributed by atoms with Crippen molar-refractivity contribution in [1.29, 1.82) is 0 Å². The number of benzene rings is 2. The summed E-state index contributed by atoms with van der Waals surface area (Å²) >= 11 is 0. The van der Waals surface area contributed by atoms with Crippen LogP contribution in [0, 0.1) is 0 Å². The summed E-state index contributed by atoms with van der Waals surface area (Å²) in [6.07, 6.45) is 2.02. The highest BCUT2D eigenvalue weighted by Gasteiger charge is 2.19. The summed E-state index contributed by atoms with van der Waals surface area (Å²) in [4.78, 5) is 15.5. The molecular weight excluding hydrogens is 372 g/mol. The molecule has 158 valence electrons. The van der Waals surface area contributed by atoms with Gasteiger partial charge in [-0.25, -0.2) is 4.68 Å². The summed E-state index contributed by atoms with van der Waals surface area (Å²) in [5, 5.41) is 7.90. The minimum atomic E-state index is -0.0936. The number of carbonyl (C=O) groups excluding carboxylic acids is 1. The van der Waals surface area contributed by atoms with Gasteiger partial charge in [0.2, 0.25) is 0 Å². The van der Waals surface area contributed by atoms with Crippen molar-refractivity contribution < 1.29 is 4.79 Å². The molecular formula is C25H32N4O. The molecule has 0 spiro atoms. The summed E-state index contributed by atoms with van der Waals surface area (Å²) in [5.74, 6) is -0.0936. The van der Waals surface area contributed by atoms with E-state index in [0.717, 1.165) is 49.4 Å². The molecule has 0 aliphatic heterocycles. The van der Waals surface area contributed by atoms with Gasteiger partial charge >= 0.3 is 0 Å². The first kappa shape index (κ1) is 21.8. The summed E-state index contributed by atoms with van der Waals surface area (Å²) in [6.45, 7) is 9.63. The molecule has 1 aromatic heterocycles.